The number of aliphatic hydroxyl groups excluding tert-OH is 1. The summed E-state index contributed by atoms with van der Waals surface area (Å²) >= 11 is 0. The molecule has 0 spiro atoms. The maximum atomic E-state index is 10.4. The van der Waals surface area contributed by atoms with Gasteiger partial charge in [-0.1, -0.05) is 61.6 Å². The smallest absolute Gasteiger partial charge is 0.0945 e. The first-order valence-corrected chi connectivity index (χ1v) is 11.1. The molecule has 0 heterocycles. The summed E-state index contributed by atoms with van der Waals surface area (Å²) in [4.78, 5) is 0. The van der Waals surface area contributed by atoms with E-state index in [9.17, 15) is 5.11 Å². The number of nitrogens with one attached hydrogen (secondary N) is 1. The van der Waals surface area contributed by atoms with E-state index in [-0.39, 0.29) is 0 Å². The summed E-state index contributed by atoms with van der Waals surface area (Å²) in [5, 5.41) is 16.0. The second-order valence-electron chi connectivity index (χ2n) is 7.96. The van der Waals surface area contributed by atoms with Crippen LogP contribution in [0.15, 0.2) is 89.1 Å². The predicted molar refractivity (Wildman–Crippen MR) is 130 cm³/mol. The van der Waals surface area contributed by atoms with Crippen molar-refractivity contribution in [2.24, 2.45) is 0 Å². The van der Waals surface area contributed by atoms with Crippen LogP contribution in [-0.2, 0) is 4.74 Å². The maximum Gasteiger partial charge on any atom is 0.0945 e. The molecule has 0 amide bonds. The van der Waals surface area contributed by atoms with Crippen LogP contribution >= 0.6 is 0 Å². The summed E-state index contributed by atoms with van der Waals surface area (Å²) in [6.45, 7) is 7.71. The highest BCUT2D eigenvalue weighted by molar-refractivity contribution is 5.62. The van der Waals surface area contributed by atoms with Crippen molar-refractivity contribution in [1.29, 1.82) is 0 Å². The van der Waals surface area contributed by atoms with Crippen molar-refractivity contribution in [3.8, 4) is 0 Å². The standard InChI is InChI=1S/C28H33NO2/c1-4-16-31-20-25(30)19-29-28-18-22(3)26-12-7-5-6-10-23(26)15-14-21(2)17-24-11-8-9-13-27(24)28/h5-11,13-15,18,25,29-30H,4,12,16,19-20H2,1-3H3/b15-14-,22-18?,28-27?. The summed E-state index contributed by atoms with van der Waals surface area (Å²) in [7, 11) is 0. The third kappa shape index (κ3) is 6.57. The number of hydrogen-bond donors (Lipinski definition) is 2. The fourth-order valence-corrected chi connectivity index (χ4v) is 3.66. The SMILES string of the molecule is CCCOCC(O)CNC1=c2ccccc2=C=C(C)/C=C\C2=C(CC=CC=C2)C(C)=C1. The van der Waals surface area contributed by atoms with Crippen LogP contribution in [0.4, 0.5) is 0 Å². The lowest BCUT2D eigenvalue weighted by atomic mass is 9.96. The molecule has 3 heteroatoms. The second kappa shape index (κ2) is 11.5. The molecule has 2 aliphatic carbocycles. The van der Waals surface area contributed by atoms with Gasteiger partial charge in [0.2, 0.25) is 0 Å². The molecule has 1 unspecified atom stereocenters. The Labute approximate surface area is 185 Å². The Morgan fingerprint density at radius 1 is 1.13 bits per heavy atom. The first-order valence-electron chi connectivity index (χ1n) is 11.1. The Morgan fingerprint density at radius 3 is 2.81 bits per heavy atom. The Bertz CT molecular complexity index is 1090. The van der Waals surface area contributed by atoms with Gasteiger partial charge in [0.05, 0.1) is 12.7 Å². The van der Waals surface area contributed by atoms with E-state index in [2.05, 4.69) is 86.5 Å². The van der Waals surface area contributed by atoms with Gasteiger partial charge in [0.15, 0.2) is 0 Å². The van der Waals surface area contributed by atoms with Crippen LogP contribution in [0.3, 0.4) is 0 Å². The van der Waals surface area contributed by atoms with Crippen molar-refractivity contribution in [3.05, 3.63) is 99.5 Å². The largest absolute Gasteiger partial charge is 0.389 e. The molecule has 162 valence electrons. The maximum absolute atomic E-state index is 10.4. The van der Waals surface area contributed by atoms with Gasteiger partial charge in [0.25, 0.3) is 0 Å². The van der Waals surface area contributed by atoms with Gasteiger partial charge in [-0.25, -0.2) is 0 Å². The average Bonchev–Trinajstić information content (AvgIpc) is 3.01. The number of aliphatic hydroxyl groups is 1. The number of fused-ring (bicyclic) bond motifs is 1. The minimum Gasteiger partial charge on any atom is -0.389 e. The molecular weight excluding hydrogens is 382 g/mol. The molecule has 31 heavy (non-hydrogen) atoms. The van der Waals surface area contributed by atoms with Crippen molar-refractivity contribution in [1.82, 2.24) is 5.32 Å². The second-order valence-corrected chi connectivity index (χ2v) is 7.96. The first kappa shape index (κ1) is 22.8. The monoisotopic (exact) mass is 415 g/mol. The average molecular weight is 416 g/mol. The molecule has 2 aliphatic rings. The molecule has 0 fully saturated rings. The zero-order valence-electron chi connectivity index (χ0n) is 18.8. The van der Waals surface area contributed by atoms with E-state index in [1.165, 1.54) is 16.7 Å². The molecule has 2 N–H and O–H groups in total. The van der Waals surface area contributed by atoms with Gasteiger partial charge in [0.1, 0.15) is 0 Å². The first-order chi connectivity index (χ1) is 15.1. The van der Waals surface area contributed by atoms with E-state index in [1.807, 2.05) is 12.1 Å². The molecule has 3 nitrogen and oxygen atoms in total. The van der Waals surface area contributed by atoms with E-state index in [1.54, 1.807) is 0 Å². The van der Waals surface area contributed by atoms with E-state index >= 15 is 0 Å². The Hall–Kier alpha value is -2.84. The van der Waals surface area contributed by atoms with E-state index < -0.39 is 6.10 Å². The van der Waals surface area contributed by atoms with Crippen LogP contribution in [0, 0.1) is 0 Å². The summed E-state index contributed by atoms with van der Waals surface area (Å²) < 4.78 is 5.51. The van der Waals surface area contributed by atoms with Gasteiger partial charge in [-0.3, -0.25) is 0 Å². The van der Waals surface area contributed by atoms with Crippen LogP contribution in [-0.4, -0.2) is 31.0 Å². The van der Waals surface area contributed by atoms with Gasteiger partial charge in [-0.2, -0.15) is 0 Å². The summed E-state index contributed by atoms with van der Waals surface area (Å²) in [5.41, 5.74) is 9.28. The van der Waals surface area contributed by atoms with E-state index in [0.29, 0.717) is 19.8 Å². The van der Waals surface area contributed by atoms with Crippen LogP contribution < -0.4 is 15.8 Å². The van der Waals surface area contributed by atoms with E-state index in [4.69, 9.17) is 4.74 Å². The van der Waals surface area contributed by atoms with Crippen molar-refractivity contribution in [2.75, 3.05) is 19.8 Å². The predicted octanol–water partition coefficient (Wildman–Crippen LogP) is 3.83. The fourth-order valence-electron chi connectivity index (χ4n) is 3.66. The van der Waals surface area contributed by atoms with Gasteiger partial charge >= 0.3 is 0 Å². The lowest BCUT2D eigenvalue weighted by Gasteiger charge is -2.16. The van der Waals surface area contributed by atoms with Gasteiger partial charge in [0, 0.05) is 29.3 Å². The van der Waals surface area contributed by atoms with Crippen molar-refractivity contribution >= 4 is 11.4 Å². The number of ether oxygens (including phenoxy) is 1. The quantitative estimate of drug-likeness (QED) is 0.665. The molecular formula is C28H33NO2. The molecule has 0 aliphatic heterocycles. The number of rotatable bonds is 7. The molecule has 1 aromatic carbocycles. The summed E-state index contributed by atoms with van der Waals surface area (Å²) in [6, 6.07) is 8.26. The van der Waals surface area contributed by atoms with Crippen LogP contribution in [0.2, 0.25) is 0 Å². The van der Waals surface area contributed by atoms with Crippen molar-refractivity contribution < 1.29 is 9.84 Å². The van der Waals surface area contributed by atoms with Gasteiger partial charge < -0.3 is 15.2 Å². The van der Waals surface area contributed by atoms with Gasteiger partial charge in [-0.15, -0.1) is 5.73 Å². The number of hydrogen-bond acceptors (Lipinski definition) is 3. The summed E-state index contributed by atoms with van der Waals surface area (Å²) in [6.07, 6.45) is 16.3. The zero-order chi connectivity index (χ0) is 22.1. The molecule has 1 aromatic rings. The number of allylic oxidation sites excluding steroid dienone is 10. The molecule has 0 radical (unpaired) electrons. The Kier molecular flexibility index (Phi) is 8.49. The summed E-state index contributed by atoms with van der Waals surface area (Å²) in [5.74, 6) is 0. The molecule has 0 saturated carbocycles. The minimum atomic E-state index is -0.570. The highest BCUT2D eigenvalue weighted by Gasteiger charge is 2.10. The fraction of sp³-hybridized carbons (Fsp3) is 0.321. The Balaban J connectivity index is 2.10. The molecule has 0 saturated heterocycles. The van der Waals surface area contributed by atoms with Crippen molar-refractivity contribution in [3.63, 3.8) is 0 Å². The van der Waals surface area contributed by atoms with Crippen LogP contribution in [0.5, 0.6) is 0 Å². The molecule has 0 aromatic heterocycles. The Morgan fingerprint density at radius 2 is 1.97 bits per heavy atom. The lowest BCUT2D eigenvalue weighted by molar-refractivity contribution is 0.0392. The molecule has 3 rings (SSSR count). The molecule has 1 atom stereocenters. The van der Waals surface area contributed by atoms with E-state index in [0.717, 1.165) is 34.5 Å². The van der Waals surface area contributed by atoms with Gasteiger partial charge in [-0.05, 0) is 61.1 Å². The van der Waals surface area contributed by atoms with Crippen LogP contribution in [0.25, 0.3) is 11.4 Å². The topological polar surface area (TPSA) is 41.5 Å². The third-order valence-electron chi connectivity index (χ3n) is 5.28. The highest BCUT2D eigenvalue weighted by Crippen LogP contribution is 2.24. The van der Waals surface area contributed by atoms with Crippen LogP contribution in [0.1, 0.15) is 33.6 Å². The minimum absolute atomic E-state index is 0.332. The third-order valence-corrected chi connectivity index (χ3v) is 5.28. The molecule has 0 bridgehead atoms. The van der Waals surface area contributed by atoms with Crippen molar-refractivity contribution in [2.45, 2.75) is 39.7 Å². The lowest BCUT2D eigenvalue weighted by Crippen LogP contribution is -2.35. The number of benzene rings is 1. The zero-order valence-corrected chi connectivity index (χ0v) is 18.8. The highest BCUT2D eigenvalue weighted by atomic mass is 16.5. The normalized spacial score (nSPS) is 18.0.